The Balaban J connectivity index is 1.96. The monoisotopic (exact) mass is 246 g/mol. The fourth-order valence-corrected chi connectivity index (χ4v) is 1.85. The van der Waals surface area contributed by atoms with Crippen molar-refractivity contribution in [3.8, 4) is 0 Å². The zero-order chi connectivity index (χ0) is 13.1. The number of carbonyl (C=O) groups is 1. The molecule has 2 nitrogen and oxygen atoms in total. The van der Waals surface area contributed by atoms with Crippen LogP contribution in [0.15, 0.2) is 36.4 Å². The van der Waals surface area contributed by atoms with Crippen LogP contribution in [0.2, 0.25) is 0 Å². The lowest BCUT2D eigenvalue weighted by atomic mass is 10.1. The Morgan fingerprint density at radius 3 is 2.39 bits per heavy atom. The van der Waals surface area contributed by atoms with E-state index in [-0.39, 0.29) is 0 Å². The normalized spacial score (nSPS) is 10.9. The Kier molecular flexibility index (Phi) is 7.61. The summed E-state index contributed by atoms with van der Waals surface area (Å²) in [5.41, 5.74) is 1.25. The van der Waals surface area contributed by atoms with Crippen LogP contribution in [0.5, 0.6) is 0 Å². The van der Waals surface area contributed by atoms with Crippen LogP contribution >= 0.6 is 0 Å². The molecular formula is C16H22O2. The second kappa shape index (κ2) is 9.46. The van der Waals surface area contributed by atoms with E-state index in [1.165, 1.54) is 18.4 Å². The Bertz CT molecular complexity index is 355. The van der Waals surface area contributed by atoms with E-state index in [1.54, 1.807) is 0 Å². The molecule has 0 aromatic heterocycles. The topological polar surface area (TPSA) is 37.3 Å². The van der Waals surface area contributed by atoms with Crippen LogP contribution in [-0.4, -0.2) is 11.1 Å². The van der Waals surface area contributed by atoms with Crippen LogP contribution in [0.3, 0.4) is 0 Å². The van der Waals surface area contributed by atoms with Gasteiger partial charge in [0, 0.05) is 6.42 Å². The summed E-state index contributed by atoms with van der Waals surface area (Å²) in [6.45, 7) is 0. The summed E-state index contributed by atoms with van der Waals surface area (Å²) >= 11 is 0. The molecule has 0 unspecified atom stereocenters. The first kappa shape index (κ1) is 14.5. The lowest BCUT2D eigenvalue weighted by Gasteiger charge is -1.98. The quantitative estimate of drug-likeness (QED) is 0.651. The zero-order valence-corrected chi connectivity index (χ0v) is 10.8. The number of rotatable bonds is 9. The summed E-state index contributed by atoms with van der Waals surface area (Å²) in [6, 6.07) is 10.3. The van der Waals surface area contributed by atoms with Gasteiger partial charge >= 0.3 is 5.97 Å². The largest absolute Gasteiger partial charge is 0.481 e. The Morgan fingerprint density at radius 2 is 1.67 bits per heavy atom. The number of hydrogen-bond donors (Lipinski definition) is 1. The van der Waals surface area contributed by atoms with E-state index in [1.807, 2.05) is 18.2 Å². The third kappa shape index (κ3) is 7.66. The summed E-state index contributed by atoms with van der Waals surface area (Å²) in [6.07, 6.45) is 11.2. The van der Waals surface area contributed by atoms with Crippen molar-refractivity contribution in [2.24, 2.45) is 0 Å². The molecule has 0 aliphatic heterocycles. The van der Waals surface area contributed by atoms with Gasteiger partial charge in [0.2, 0.25) is 0 Å². The fraction of sp³-hybridized carbons (Fsp3) is 0.438. The Labute approximate surface area is 109 Å². The van der Waals surface area contributed by atoms with Crippen molar-refractivity contribution in [1.82, 2.24) is 0 Å². The first-order valence-corrected chi connectivity index (χ1v) is 6.72. The van der Waals surface area contributed by atoms with Crippen molar-refractivity contribution >= 4 is 12.0 Å². The van der Waals surface area contributed by atoms with E-state index in [2.05, 4.69) is 24.3 Å². The summed E-state index contributed by atoms with van der Waals surface area (Å²) < 4.78 is 0. The molecule has 98 valence electrons. The van der Waals surface area contributed by atoms with Crippen LogP contribution in [0.4, 0.5) is 0 Å². The van der Waals surface area contributed by atoms with Crippen molar-refractivity contribution in [1.29, 1.82) is 0 Å². The maximum atomic E-state index is 10.3. The summed E-state index contributed by atoms with van der Waals surface area (Å²) in [4.78, 5) is 10.3. The second-order valence-corrected chi connectivity index (χ2v) is 4.51. The van der Waals surface area contributed by atoms with Gasteiger partial charge in [-0.1, -0.05) is 61.7 Å². The molecule has 0 atom stereocenters. The Morgan fingerprint density at radius 1 is 1.00 bits per heavy atom. The molecule has 1 rings (SSSR count). The van der Waals surface area contributed by atoms with Crippen molar-refractivity contribution in [3.05, 3.63) is 42.0 Å². The highest BCUT2D eigenvalue weighted by atomic mass is 16.4. The van der Waals surface area contributed by atoms with Gasteiger partial charge in [0.15, 0.2) is 0 Å². The van der Waals surface area contributed by atoms with E-state index in [0.29, 0.717) is 6.42 Å². The predicted octanol–water partition coefficient (Wildman–Crippen LogP) is 4.52. The number of aliphatic carboxylic acids is 1. The highest BCUT2D eigenvalue weighted by Crippen LogP contribution is 2.09. The van der Waals surface area contributed by atoms with Crippen molar-refractivity contribution in [2.45, 2.75) is 44.9 Å². The third-order valence-corrected chi connectivity index (χ3v) is 2.87. The maximum absolute atomic E-state index is 10.3. The van der Waals surface area contributed by atoms with Crippen LogP contribution in [0, 0.1) is 0 Å². The van der Waals surface area contributed by atoms with E-state index in [9.17, 15) is 4.79 Å². The molecule has 1 aromatic rings. The fourth-order valence-electron chi connectivity index (χ4n) is 1.85. The second-order valence-electron chi connectivity index (χ2n) is 4.51. The zero-order valence-electron chi connectivity index (χ0n) is 10.8. The molecular weight excluding hydrogens is 224 g/mol. The third-order valence-electron chi connectivity index (χ3n) is 2.87. The van der Waals surface area contributed by atoms with Gasteiger partial charge in [-0.15, -0.1) is 0 Å². The minimum Gasteiger partial charge on any atom is -0.481 e. The molecule has 1 N–H and O–H groups in total. The first-order valence-electron chi connectivity index (χ1n) is 6.72. The van der Waals surface area contributed by atoms with E-state index in [4.69, 9.17) is 5.11 Å². The minimum absolute atomic E-state index is 0.313. The molecule has 0 heterocycles. The average molecular weight is 246 g/mol. The number of unbranched alkanes of at least 4 members (excludes halogenated alkanes) is 5. The van der Waals surface area contributed by atoms with Gasteiger partial charge in [-0.25, -0.2) is 0 Å². The van der Waals surface area contributed by atoms with Gasteiger partial charge in [0.25, 0.3) is 0 Å². The van der Waals surface area contributed by atoms with Gasteiger partial charge in [0.05, 0.1) is 0 Å². The summed E-state index contributed by atoms with van der Waals surface area (Å²) in [5, 5.41) is 8.49. The maximum Gasteiger partial charge on any atom is 0.303 e. The highest BCUT2D eigenvalue weighted by molar-refractivity contribution is 5.66. The van der Waals surface area contributed by atoms with E-state index < -0.39 is 5.97 Å². The standard InChI is InChI=1S/C16H22O2/c17-16(18)14-10-5-3-1-2-4-7-11-15-12-8-6-9-13-15/h6-9,11-13H,1-5,10,14H2,(H,17,18)/b11-7+. The number of hydrogen-bond acceptors (Lipinski definition) is 1. The lowest BCUT2D eigenvalue weighted by molar-refractivity contribution is -0.137. The number of carboxylic acids is 1. The van der Waals surface area contributed by atoms with Crippen LogP contribution in [0.1, 0.15) is 50.5 Å². The molecule has 0 amide bonds. The molecule has 18 heavy (non-hydrogen) atoms. The molecule has 0 bridgehead atoms. The first-order chi connectivity index (χ1) is 8.79. The van der Waals surface area contributed by atoms with Crippen LogP contribution in [0.25, 0.3) is 6.08 Å². The smallest absolute Gasteiger partial charge is 0.303 e. The lowest BCUT2D eigenvalue weighted by Crippen LogP contribution is -1.93. The van der Waals surface area contributed by atoms with E-state index in [0.717, 1.165) is 25.7 Å². The molecule has 1 aromatic carbocycles. The number of carboxylic acid groups (broad SMARTS) is 1. The minimum atomic E-state index is -0.680. The Hall–Kier alpha value is -1.57. The predicted molar refractivity (Wildman–Crippen MR) is 75.4 cm³/mol. The van der Waals surface area contributed by atoms with Crippen molar-refractivity contribution < 1.29 is 9.90 Å². The van der Waals surface area contributed by atoms with Crippen LogP contribution in [-0.2, 0) is 4.79 Å². The SMILES string of the molecule is O=C(O)CCCCCCC/C=C/c1ccccc1. The summed E-state index contributed by atoms with van der Waals surface area (Å²) in [5.74, 6) is -0.680. The molecule has 0 fully saturated rings. The van der Waals surface area contributed by atoms with Gasteiger partial charge in [-0.2, -0.15) is 0 Å². The molecule has 0 saturated carbocycles. The van der Waals surface area contributed by atoms with Crippen LogP contribution < -0.4 is 0 Å². The molecule has 0 spiro atoms. The number of allylic oxidation sites excluding steroid dienone is 1. The molecule has 0 aliphatic rings. The van der Waals surface area contributed by atoms with Gasteiger partial charge < -0.3 is 5.11 Å². The molecule has 0 radical (unpaired) electrons. The van der Waals surface area contributed by atoms with Gasteiger partial charge in [-0.05, 0) is 24.8 Å². The van der Waals surface area contributed by atoms with Gasteiger partial charge in [0.1, 0.15) is 0 Å². The van der Waals surface area contributed by atoms with Crippen molar-refractivity contribution in [2.75, 3.05) is 0 Å². The summed E-state index contributed by atoms with van der Waals surface area (Å²) in [7, 11) is 0. The van der Waals surface area contributed by atoms with Gasteiger partial charge in [-0.3, -0.25) is 4.79 Å². The molecule has 0 aliphatic carbocycles. The highest BCUT2D eigenvalue weighted by Gasteiger charge is 1.95. The average Bonchev–Trinajstić information content (AvgIpc) is 2.37. The number of benzene rings is 1. The van der Waals surface area contributed by atoms with Crippen molar-refractivity contribution in [3.63, 3.8) is 0 Å². The van der Waals surface area contributed by atoms with E-state index >= 15 is 0 Å². The molecule has 2 heteroatoms. The molecule has 0 saturated heterocycles.